The monoisotopic (exact) mass is 254 g/mol. The third-order valence-corrected chi connectivity index (χ3v) is 3.23. The zero-order chi connectivity index (χ0) is 13.4. The van der Waals surface area contributed by atoms with Gasteiger partial charge in [0.2, 0.25) is 0 Å². The zero-order valence-corrected chi connectivity index (χ0v) is 10.8. The van der Waals surface area contributed by atoms with Crippen LogP contribution in [0.2, 0.25) is 0 Å². The maximum atomic E-state index is 11.2. The second kappa shape index (κ2) is 4.43. The lowest BCUT2D eigenvalue weighted by atomic mass is 10.1. The van der Waals surface area contributed by atoms with Crippen LogP contribution in [0.5, 0.6) is 5.75 Å². The van der Waals surface area contributed by atoms with E-state index in [1.807, 2.05) is 42.5 Å². The zero-order valence-electron chi connectivity index (χ0n) is 10.8. The van der Waals surface area contributed by atoms with E-state index in [1.54, 1.807) is 6.92 Å². The van der Waals surface area contributed by atoms with Crippen molar-refractivity contribution in [3.05, 3.63) is 42.5 Å². The Balaban J connectivity index is 2.09. The summed E-state index contributed by atoms with van der Waals surface area (Å²) in [4.78, 5) is 11.2. The van der Waals surface area contributed by atoms with Gasteiger partial charge in [-0.3, -0.25) is 4.79 Å². The maximum absolute atomic E-state index is 11.2. The number of carbonyl (C=O) groups excluding carboxylic acids is 1. The van der Waals surface area contributed by atoms with E-state index in [0.29, 0.717) is 5.75 Å². The van der Waals surface area contributed by atoms with Crippen LogP contribution in [0.4, 0.5) is 0 Å². The van der Waals surface area contributed by atoms with Crippen molar-refractivity contribution in [3.63, 3.8) is 0 Å². The van der Waals surface area contributed by atoms with Crippen LogP contribution in [0.3, 0.4) is 0 Å². The highest BCUT2D eigenvalue weighted by Gasteiger charge is 2.11. The highest BCUT2D eigenvalue weighted by atomic mass is 16.5. The number of Topliss-reactive ketones (excluding diaryl/α,β-unsaturated/α-hetero) is 1. The number of hydrogen-bond acceptors (Lipinski definition) is 3. The van der Waals surface area contributed by atoms with Crippen molar-refractivity contribution >= 4 is 27.7 Å². The lowest BCUT2D eigenvalue weighted by Gasteiger charge is -2.11. The minimum atomic E-state index is -0.435. The van der Waals surface area contributed by atoms with Crippen LogP contribution in [0, 0.1) is 0 Å². The van der Waals surface area contributed by atoms with Crippen LogP contribution in [0.15, 0.2) is 46.9 Å². The van der Waals surface area contributed by atoms with Gasteiger partial charge in [0.15, 0.2) is 11.9 Å². The minimum Gasteiger partial charge on any atom is -0.483 e. The summed E-state index contributed by atoms with van der Waals surface area (Å²) in [5.41, 5.74) is 1.68. The van der Waals surface area contributed by atoms with Gasteiger partial charge in [0, 0.05) is 10.8 Å². The molecule has 0 saturated carbocycles. The second-order valence-electron chi connectivity index (χ2n) is 4.63. The van der Waals surface area contributed by atoms with E-state index >= 15 is 0 Å². The Morgan fingerprint density at radius 2 is 1.84 bits per heavy atom. The smallest absolute Gasteiger partial charge is 0.169 e. The number of ether oxygens (including phenoxy) is 1. The molecule has 0 spiro atoms. The summed E-state index contributed by atoms with van der Waals surface area (Å²) < 4.78 is 11.3. The third-order valence-electron chi connectivity index (χ3n) is 3.23. The molecule has 1 atom stereocenters. The Morgan fingerprint density at radius 3 is 2.63 bits per heavy atom. The van der Waals surface area contributed by atoms with Gasteiger partial charge in [0.1, 0.15) is 16.9 Å². The number of ketones is 1. The summed E-state index contributed by atoms with van der Waals surface area (Å²) in [6.45, 7) is 3.27. The molecule has 3 aromatic rings. The normalized spacial score (nSPS) is 12.7. The first-order chi connectivity index (χ1) is 9.15. The van der Waals surface area contributed by atoms with Gasteiger partial charge in [-0.2, -0.15) is 0 Å². The largest absolute Gasteiger partial charge is 0.483 e. The number of benzene rings is 2. The van der Waals surface area contributed by atoms with Crippen molar-refractivity contribution in [3.8, 4) is 5.75 Å². The van der Waals surface area contributed by atoms with Gasteiger partial charge in [0.25, 0.3) is 0 Å². The molecule has 3 heteroatoms. The van der Waals surface area contributed by atoms with Gasteiger partial charge in [0.05, 0.1) is 0 Å². The molecule has 0 bridgehead atoms. The molecule has 3 rings (SSSR count). The fraction of sp³-hybridized carbons (Fsp3) is 0.188. The van der Waals surface area contributed by atoms with Crippen LogP contribution in [0.25, 0.3) is 21.9 Å². The fourth-order valence-electron chi connectivity index (χ4n) is 2.07. The summed E-state index contributed by atoms with van der Waals surface area (Å²) in [7, 11) is 0. The van der Waals surface area contributed by atoms with Gasteiger partial charge in [-0.1, -0.05) is 18.2 Å². The van der Waals surface area contributed by atoms with Crippen molar-refractivity contribution in [2.75, 3.05) is 0 Å². The molecule has 1 unspecified atom stereocenters. The van der Waals surface area contributed by atoms with Crippen LogP contribution in [-0.2, 0) is 4.79 Å². The first-order valence-corrected chi connectivity index (χ1v) is 6.23. The molecular formula is C16H14O3. The predicted octanol–water partition coefficient (Wildman–Crippen LogP) is 3.94. The van der Waals surface area contributed by atoms with E-state index in [0.717, 1.165) is 21.9 Å². The lowest BCUT2D eigenvalue weighted by molar-refractivity contribution is -0.122. The lowest BCUT2D eigenvalue weighted by Crippen LogP contribution is -2.20. The van der Waals surface area contributed by atoms with Crippen molar-refractivity contribution in [1.29, 1.82) is 0 Å². The summed E-state index contributed by atoms with van der Waals surface area (Å²) in [5.74, 6) is 0.693. The van der Waals surface area contributed by atoms with Crippen molar-refractivity contribution in [1.82, 2.24) is 0 Å². The summed E-state index contributed by atoms with van der Waals surface area (Å²) in [6, 6.07) is 13.5. The van der Waals surface area contributed by atoms with Crippen LogP contribution >= 0.6 is 0 Å². The topological polar surface area (TPSA) is 39.4 Å². The van der Waals surface area contributed by atoms with Crippen LogP contribution in [-0.4, -0.2) is 11.9 Å². The average Bonchev–Trinajstić information content (AvgIpc) is 2.76. The first kappa shape index (κ1) is 11.8. The molecule has 0 N–H and O–H groups in total. The Kier molecular flexibility index (Phi) is 2.75. The molecule has 1 heterocycles. The molecule has 19 heavy (non-hydrogen) atoms. The number of rotatable bonds is 3. The number of furan rings is 1. The van der Waals surface area contributed by atoms with Crippen molar-refractivity contribution in [2.45, 2.75) is 20.0 Å². The molecule has 0 aliphatic heterocycles. The molecule has 96 valence electrons. The van der Waals surface area contributed by atoms with E-state index in [4.69, 9.17) is 9.15 Å². The number of fused-ring (bicyclic) bond motifs is 3. The quantitative estimate of drug-likeness (QED) is 0.710. The maximum Gasteiger partial charge on any atom is 0.169 e. The summed E-state index contributed by atoms with van der Waals surface area (Å²) >= 11 is 0. The van der Waals surface area contributed by atoms with Crippen molar-refractivity contribution in [2.24, 2.45) is 0 Å². The van der Waals surface area contributed by atoms with E-state index in [2.05, 4.69) is 0 Å². The number of hydrogen-bond donors (Lipinski definition) is 0. The van der Waals surface area contributed by atoms with Gasteiger partial charge in [-0.05, 0) is 38.1 Å². The molecule has 0 fully saturated rings. The molecule has 1 aromatic heterocycles. The Bertz CT molecular complexity index is 755. The summed E-state index contributed by atoms with van der Waals surface area (Å²) in [6.07, 6.45) is -0.435. The fourth-order valence-corrected chi connectivity index (χ4v) is 2.07. The first-order valence-electron chi connectivity index (χ1n) is 6.23. The van der Waals surface area contributed by atoms with E-state index in [1.165, 1.54) is 6.92 Å². The molecule has 0 radical (unpaired) electrons. The Labute approximate surface area is 110 Å². The van der Waals surface area contributed by atoms with E-state index < -0.39 is 6.10 Å². The van der Waals surface area contributed by atoms with E-state index in [9.17, 15) is 4.79 Å². The highest BCUT2D eigenvalue weighted by molar-refractivity contribution is 6.05. The number of carbonyl (C=O) groups is 1. The molecule has 3 nitrogen and oxygen atoms in total. The van der Waals surface area contributed by atoms with E-state index in [-0.39, 0.29) is 5.78 Å². The van der Waals surface area contributed by atoms with Crippen molar-refractivity contribution < 1.29 is 13.9 Å². The predicted molar refractivity (Wildman–Crippen MR) is 74.5 cm³/mol. The molecule has 0 aliphatic carbocycles. The molecule has 2 aromatic carbocycles. The van der Waals surface area contributed by atoms with Gasteiger partial charge >= 0.3 is 0 Å². The summed E-state index contributed by atoms with van der Waals surface area (Å²) in [5, 5.41) is 2.06. The Hall–Kier alpha value is -2.29. The van der Waals surface area contributed by atoms with Gasteiger partial charge in [-0.15, -0.1) is 0 Å². The SMILES string of the molecule is CC(=O)C(C)Oc1ccc2oc3ccccc3c2c1. The number of para-hydroxylation sites is 1. The molecule has 0 aliphatic rings. The van der Waals surface area contributed by atoms with Crippen LogP contribution < -0.4 is 4.74 Å². The standard InChI is InChI=1S/C16H14O3/c1-10(17)11(2)18-12-7-8-16-14(9-12)13-5-3-4-6-15(13)19-16/h3-9,11H,1-2H3. The molecule has 0 amide bonds. The van der Waals surface area contributed by atoms with Crippen LogP contribution in [0.1, 0.15) is 13.8 Å². The van der Waals surface area contributed by atoms with Gasteiger partial charge in [-0.25, -0.2) is 0 Å². The molecule has 0 saturated heterocycles. The highest BCUT2D eigenvalue weighted by Crippen LogP contribution is 2.31. The minimum absolute atomic E-state index is 0.0112. The third kappa shape index (κ3) is 2.08. The Morgan fingerprint density at radius 1 is 1.11 bits per heavy atom. The average molecular weight is 254 g/mol. The molecular weight excluding hydrogens is 240 g/mol. The van der Waals surface area contributed by atoms with Gasteiger partial charge < -0.3 is 9.15 Å². The second-order valence-corrected chi connectivity index (χ2v) is 4.63.